The Hall–Kier alpha value is -1.82. The number of aliphatic hydroxyl groups is 1. The number of hydrogen-bond donors (Lipinski definition) is 2. The molecule has 1 aromatic carbocycles. The number of H-pyrrole nitrogens is 1. The van der Waals surface area contributed by atoms with E-state index in [-0.39, 0.29) is 5.91 Å². The van der Waals surface area contributed by atoms with Gasteiger partial charge in [-0.15, -0.1) is 0 Å². The number of nitrogens with one attached hydrogen (secondary N) is 1. The van der Waals surface area contributed by atoms with Gasteiger partial charge in [-0.05, 0) is 11.6 Å². The third-order valence-corrected chi connectivity index (χ3v) is 4.37. The number of β-amino-alcohol motifs (C(OH)–C–C–N with tert-alkyl or cyclic N) is 1. The highest BCUT2D eigenvalue weighted by Crippen LogP contribution is 2.16. The lowest BCUT2D eigenvalue weighted by Gasteiger charge is -2.35. The van der Waals surface area contributed by atoms with Crippen molar-refractivity contribution in [3.8, 4) is 0 Å². The van der Waals surface area contributed by atoms with Crippen LogP contribution in [0.3, 0.4) is 0 Å². The summed E-state index contributed by atoms with van der Waals surface area (Å²) in [5, 5.41) is 10.8. The zero-order chi connectivity index (χ0) is 16.2. The SMILES string of the molecule is O=C(c1cc(Cl)c[nH]1)N1CCN(C[C@@H](O)c2ccccc2)CC1. The van der Waals surface area contributed by atoms with Crippen LogP contribution >= 0.6 is 11.6 Å². The molecule has 2 N–H and O–H groups in total. The average Bonchev–Trinajstić information content (AvgIpc) is 3.02. The molecule has 1 aliphatic rings. The predicted molar refractivity (Wildman–Crippen MR) is 89.5 cm³/mol. The van der Waals surface area contributed by atoms with Gasteiger partial charge >= 0.3 is 0 Å². The molecule has 0 aliphatic carbocycles. The Morgan fingerprint density at radius 3 is 2.52 bits per heavy atom. The minimum Gasteiger partial charge on any atom is -0.387 e. The standard InChI is InChI=1S/C17H20ClN3O2/c18-14-10-15(19-11-14)17(23)21-8-6-20(7-9-21)12-16(22)13-4-2-1-3-5-13/h1-5,10-11,16,19,22H,6-9,12H2/t16-/m1/s1. The number of carbonyl (C=O) groups excluding carboxylic acids is 1. The highest BCUT2D eigenvalue weighted by Gasteiger charge is 2.24. The molecule has 0 radical (unpaired) electrons. The van der Waals surface area contributed by atoms with Gasteiger partial charge in [-0.3, -0.25) is 9.69 Å². The minimum atomic E-state index is -0.499. The summed E-state index contributed by atoms with van der Waals surface area (Å²) < 4.78 is 0. The molecule has 5 nitrogen and oxygen atoms in total. The van der Waals surface area contributed by atoms with Crippen LogP contribution in [0.2, 0.25) is 5.02 Å². The number of aliphatic hydroxyl groups excluding tert-OH is 1. The monoisotopic (exact) mass is 333 g/mol. The fourth-order valence-corrected chi connectivity index (χ4v) is 2.98. The van der Waals surface area contributed by atoms with E-state index in [0.29, 0.717) is 30.4 Å². The molecule has 1 aromatic heterocycles. The highest BCUT2D eigenvalue weighted by atomic mass is 35.5. The number of aromatic amines is 1. The molecule has 2 heterocycles. The Kier molecular flexibility index (Phi) is 5.00. The fourth-order valence-electron chi connectivity index (χ4n) is 2.82. The molecule has 3 rings (SSSR count). The first-order valence-electron chi connectivity index (χ1n) is 7.72. The van der Waals surface area contributed by atoms with E-state index in [1.165, 1.54) is 0 Å². The number of nitrogens with zero attached hydrogens (tertiary/aromatic N) is 2. The topological polar surface area (TPSA) is 59.6 Å². The molecular weight excluding hydrogens is 314 g/mol. The van der Waals surface area contributed by atoms with Crippen molar-refractivity contribution in [2.75, 3.05) is 32.7 Å². The second kappa shape index (κ2) is 7.17. The number of halogens is 1. The largest absolute Gasteiger partial charge is 0.387 e. The van der Waals surface area contributed by atoms with Gasteiger partial charge in [0.15, 0.2) is 0 Å². The van der Waals surface area contributed by atoms with Gasteiger partial charge in [-0.2, -0.15) is 0 Å². The van der Waals surface area contributed by atoms with Crippen molar-refractivity contribution < 1.29 is 9.90 Å². The molecule has 0 saturated carbocycles. The van der Waals surface area contributed by atoms with E-state index >= 15 is 0 Å². The zero-order valence-corrected chi connectivity index (χ0v) is 13.5. The third-order valence-electron chi connectivity index (χ3n) is 4.15. The lowest BCUT2D eigenvalue weighted by molar-refractivity contribution is 0.0523. The van der Waals surface area contributed by atoms with Crippen molar-refractivity contribution in [2.45, 2.75) is 6.10 Å². The van der Waals surface area contributed by atoms with E-state index in [1.807, 2.05) is 35.2 Å². The number of amides is 1. The van der Waals surface area contributed by atoms with E-state index in [9.17, 15) is 9.90 Å². The molecular formula is C17H20ClN3O2. The maximum atomic E-state index is 12.3. The zero-order valence-electron chi connectivity index (χ0n) is 12.8. The summed E-state index contributed by atoms with van der Waals surface area (Å²) >= 11 is 5.84. The molecule has 23 heavy (non-hydrogen) atoms. The molecule has 1 atom stereocenters. The minimum absolute atomic E-state index is 0.0276. The molecule has 2 aromatic rings. The van der Waals surface area contributed by atoms with Crippen LogP contribution in [-0.2, 0) is 0 Å². The van der Waals surface area contributed by atoms with E-state index < -0.39 is 6.10 Å². The smallest absolute Gasteiger partial charge is 0.270 e. The van der Waals surface area contributed by atoms with Crippen molar-refractivity contribution in [3.05, 3.63) is 58.9 Å². The molecule has 1 saturated heterocycles. The number of benzene rings is 1. The Balaban J connectivity index is 1.51. The quantitative estimate of drug-likeness (QED) is 0.901. The van der Waals surface area contributed by atoms with Crippen LogP contribution < -0.4 is 0 Å². The number of rotatable bonds is 4. The number of hydrogen-bond acceptors (Lipinski definition) is 3. The Bertz CT molecular complexity index is 651. The molecule has 0 bridgehead atoms. The lowest BCUT2D eigenvalue weighted by atomic mass is 10.1. The number of piperazine rings is 1. The van der Waals surface area contributed by atoms with Crippen molar-refractivity contribution in [2.24, 2.45) is 0 Å². The van der Waals surface area contributed by atoms with Crippen LogP contribution in [0.15, 0.2) is 42.6 Å². The summed E-state index contributed by atoms with van der Waals surface area (Å²) in [4.78, 5) is 19.2. The summed E-state index contributed by atoms with van der Waals surface area (Å²) in [5.74, 6) is -0.0276. The van der Waals surface area contributed by atoms with Crippen LogP contribution in [0, 0.1) is 0 Å². The van der Waals surface area contributed by atoms with Crippen molar-refractivity contribution in [3.63, 3.8) is 0 Å². The van der Waals surface area contributed by atoms with E-state index in [2.05, 4.69) is 9.88 Å². The van der Waals surface area contributed by atoms with Crippen LogP contribution in [0.1, 0.15) is 22.2 Å². The number of carbonyl (C=O) groups is 1. The first-order valence-corrected chi connectivity index (χ1v) is 8.10. The maximum Gasteiger partial charge on any atom is 0.270 e. The first kappa shape index (κ1) is 16.1. The summed E-state index contributed by atoms with van der Waals surface area (Å²) in [5.41, 5.74) is 1.44. The maximum absolute atomic E-state index is 12.3. The van der Waals surface area contributed by atoms with Crippen LogP contribution in [0.4, 0.5) is 0 Å². The summed E-state index contributed by atoms with van der Waals surface area (Å²) in [6, 6.07) is 11.3. The Morgan fingerprint density at radius 2 is 1.91 bits per heavy atom. The second-order valence-electron chi connectivity index (χ2n) is 5.75. The van der Waals surface area contributed by atoms with Crippen molar-refractivity contribution >= 4 is 17.5 Å². The van der Waals surface area contributed by atoms with Gasteiger partial charge in [0.25, 0.3) is 5.91 Å². The Labute approximate surface area is 140 Å². The predicted octanol–water partition coefficient (Wildman–Crippen LogP) is 2.16. The number of aromatic nitrogens is 1. The van der Waals surface area contributed by atoms with E-state index in [4.69, 9.17) is 11.6 Å². The van der Waals surface area contributed by atoms with Crippen LogP contribution in [-0.4, -0.2) is 58.5 Å². The van der Waals surface area contributed by atoms with Gasteiger partial charge in [0, 0.05) is 38.9 Å². The van der Waals surface area contributed by atoms with Gasteiger partial charge in [0.2, 0.25) is 0 Å². The highest BCUT2D eigenvalue weighted by molar-refractivity contribution is 6.30. The van der Waals surface area contributed by atoms with Gasteiger partial charge in [0.05, 0.1) is 11.1 Å². The third kappa shape index (κ3) is 3.93. The average molecular weight is 334 g/mol. The fraction of sp³-hybridized carbons (Fsp3) is 0.353. The molecule has 0 unspecified atom stereocenters. The molecule has 1 fully saturated rings. The van der Waals surface area contributed by atoms with Gasteiger partial charge in [-0.1, -0.05) is 41.9 Å². The normalized spacial score (nSPS) is 17.2. The second-order valence-corrected chi connectivity index (χ2v) is 6.19. The molecule has 0 spiro atoms. The van der Waals surface area contributed by atoms with E-state index in [0.717, 1.165) is 18.7 Å². The van der Waals surface area contributed by atoms with Gasteiger partial charge < -0.3 is 15.0 Å². The van der Waals surface area contributed by atoms with Crippen molar-refractivity contribution in [1.82, 2.24) is 14.8 Å². The summed E-state index contributed by atoms with van der Waals surface area (Å²) in [6.07, 6.45) is 1.11. The van der Waals surface area contributed by atoms with Crippen molar-refractivity contribution in [1.29, 1.82) is 0 Å². The molecule has 6 heteroatoms. The van der Waals surface area contributed by atoms with Crippen LogP contribution in [0.25, 0.3) is 0 Å². The molecule has 1 amide bonds. The summed E-state index contributed by atoms with van der Waals surface area (Å²) in [6.45, 7) is 3.39. The molecule has 122 valence electrons. The van der Waals surface area contributed by atoms with Crippen LogP contribution in [0.5, 0.6) is 0 Å². The Morgan fingerprint density at radius 1 is 1.22 bits per heavy atom. The van der Waals surface area contributed by atoms with E-state index in [1.54, 1.807) is 12.3 Å². The molecule has 1 aliphatic heterocycles. The summed E-state index contributed by atoms with van der Waals surface area (Å²) in [7, 11) is 0. The van der Waals surface area contributed by atoms with Gasteiger partial charge in [0.1, 0.15) is 5.69 Å². The first-order chi connectivity index (χ1) is 11.1. The van der Waals surface area contributed by atoms with Gasteiger partial charge in [-0.25, -0.2) is 0 Å². The lowest BCUT2D eigenvalue weighted by Crippen LogP contribution is -2.49.